The van der Waals surface area contributed by atoms with Crippen LogP contribution in [0.3, 0.4) is 0 Å². The molecule has 0 aromatic rings. The summed E-state index contributed by atoms with van der Waals surface area (Å²) in [4.78, 5) is 35.4. The van der Waals surface area contributed by atoms with Gasteiger partial charge >= 0.3 is 17.9 Å². The van der Waals surface area contributed by atoms with Crippen molar-refractivity contribution >= 4 is 17.9 Å². The third-order valence-electron chi connectivity index (χ3n) is 6.32. The minimum absolute atomic E-state index is 0.0943. The molecule has 0 aromatic heterocycles. The fraction of sp³-hybridized carbons (Fsp3) is 0.737. The lowest BCUT2D eigenvalue weighted by Gasteiger charge is -2.43. The van der Waals surface area contributed by atoms with E-state index >= 15 is 0 Å². The lowest BCUT2D eigenvalue weighted by Crippen LogP contribution is -2.53. The number of rotatable bonds is 3. The van der Waals surface area contributed by atoms with E-state index in [1.165, 1.54) is 13.8 Å². The molecule has 0 spiro atoms. The SMILES string of the molecule is C=C1C(=O)O[C@@H]2[C@H]1CC[C@H](C)[C@@H]1CC[C@H](OC(C)=O)[C@@]21COC(C)=O. The van der Waals surface area contributed by atoms with Crippen molar-refractivity contribution in [2.24, 2.45) is 23.2 Å². The Morgan fingerprint density at radius 1 is 1.20 bits per heavy atom. The Hall–Kier alpha value is -1.85. The molecule has 25 heavy (non-hydrogen) atoms. The number of hydrogen-bond donors (Lipinski definition) is 0. The Morgan fingerprint density at radius 3 is 2.56 bits per heavy atom. The van der Waals surface area contributed by atoms with Gasteiger partial charge in [0.25, 0.3) is 0 Å². The highest BCUT2D eigenvalue weighted by Crippen LogP contribution is 2.59. The summed E-state index contributed by atoms with van der Waals surface area (Å²) in [6.45, 7) is 8.93. The van der Waals surface area contributed by atoms with Gasteiger partial charge in [-0.15, -0.1) is 0 Å². The van der Waals surface area contributed by atoms with E-state index in [4.69, 9.17) is 14.2 Å². The Bertz CT molecular complexity index is 611. The third kappa shape index (κ3) is 2.85. The van der Waals surface area contributed by atoms with Crippen LogP contribution >= 0.6 is 0 Å². The minimum atomic E-state index is -0.701. The van der Waals surface area contributed by atoms with Crippen molar-refractivity contribution in [1.29, 1.82) is 0 Å². The number of fused-ring (bicyclic) bond motifs is 3. The molecule has 1 saturated heterocycles. The number of hydrogen-bond acceptors (Lipinski definition) is 6. The molecule has 0 N–H and O–H groups in total. The van der Waals surface area contributed by atoms with Crippen LogP contribution in [0.25, 0.3) is 0 Å². The van der Waals surface area contributed by atoms with Gasteiger partial charge in [-0.3, -0.25) is 9.59 Å². The normalized spacial score (nSPS) is 39.9. The first-order chi connectivity index (χ1) is 11.8. The van der Waals surface area contributed by atoms with Gasteiger partial charge in [0.15, 0.2) is 0 Å². The summed E-state index contributed by atoms with van der Waals surface area (Å²) in [7, 11) is 0. The zero-order valence-corrected chi connectivity index (χ0v) is 15.1. The molecule has 6 atom stereocenters. The Balaban J connectivity index is 2.07. The lowest BCUT2D eigenvalue weighted by molar-refractivity contribution is -0.182. The second-order valence-electron chi connectivity index (χ2n) is 7.69. The molecule has 3 aliphatic rings. The fourth-order valence-corrected chi connectivity index (χ4v) is 5.25. The predicted molar refractivity (Wildman–Crippen MR) is 88.3 cm³/mol. The van der Waals surface area contributed by atoms with Gasteiger partial charge < -0.3 is 14.2 Å². The van der Waals surface area contributed by atoms with Crippen molar-refractivity contribution in [1.82, 2.24) is 0 Å². The summed E-state index contributed by atoms with van der Waals surface area (Å²) < 4.78 is 16.8. The van der Waals surface area contributed by atoms with Gasteiger partial charge in [-0.1, -0.05) is 13.5 Å². The molecule has 3 fully saturated rings. The first kappa shape index (κ1) is 18.0. The maximum atomic E-state index is 12.2. The van der Waals surface area contributed by atoms with E-state index in [9.17, 15) is 14.4 Å². The van der Waals surface area contributed by atoms with Gasteiger partial charge in [0.1, 0.15) is 18.8 Å². The Morgan fingerprint density at radius 2 is 1.92 bits per heavy atom. The largest absolute Gasteiger partial charge is 0.465 e. The van der Waals surface area contributed by atoms with Gasteiger partial charge in [0.05, 0.1) is 5.41 Å². The molecule has 1 heterocycles. The maximum Gasteiger partial charge on any atom is 0.334 e. The lowest BCUT2D eigenvalue weighted by atomic mass is 9.67. The van der Waals surface area contributed by atoms with Crippen LogP contribution in [0, 0.1) is 23.2 Å². The number of carbonyl (C=O) groups excluding carboxylic acids is 3. The quantitative estimate of drug-likeness (QED) is 0.442. The third-order valence-corrected chi connectivity index (χ3v) is 6.32. The highest BCUT2D eigenvalue weighted by atomic mass is 16.6. The topological polar surface area (TPSA) is 78.9 Å². The molecule has 2 aliphatic carbocycles. The van der Waals surface area contributed by atoms with Gasteiger partial charge in [-0.2, -0.15) is 0 Å². The van der Waals surface area contributed by atoms with E-state index in [0.717, 1.165) is 19.3 Å². The van der Waals surface area contributed by atoms with Crippen LogP contribution in [0.2, 0.25) is 0 Å². The molecule has 3 rings (SSSR count). The van der Waals surface area contributed by atoms with E-state index in [0.29, 0.717) is 17.9 Å². The van der Waals surface area contributed by atoms with Crippen molar-refractivity contribution in [2.45, 2.75) is 58.7 Å². The molecular weight excluding hydrogens is 324 g/mol. The van der Waals surface area contributed by atoms with E-state index < -0.39 is 23.6 Å². The molecule has 6 heteroatoms. The molecule has 2 saturated carbocycles. The Labute approximate surface area is 147 Å². The van der Waals surface area contributed by atoms with Crippen LogP contribution in [0.1, 0.15) is 46.5 Å². The Kier molecular flexibility index (Phi) is 4.64. The van der Waals surface area contributed by atoms with Crippen molar-refractivity contribution in [3.05, 3.63) is 12.2 Å². The highest BCUT2D eigenvalue weighted by Gasteiger charge is 2.65. The molecule has 1 aliphatic heterocycles. The van der Waals surface area contributed by atoms with Crippen molar-refractivity contribution in [3.8, 4) is 0 Å². The second kappa shape index (κ2) is 6.46. The summed E-state index contributed by atoms with van der Waals surface area (Å²) >= 11 is 0. The zero-order valence-electron chi connectivity index (χ0n) is 15.1. The van der Waals surface area contributed by atoms with Crippen LogP contribution < -0.4 is 0 Å². The van der Waals surface area contributed by atoms with Crippen LogP contribution in [0.4, 0.5) is 0 Å². The molecule has 0 unspecified atom stereocenters. The van der Waals surface area contributed by atoms with Crippen molar-refractivity contribution in [3.63, 3.8) is 0 Å². The summed E-state index contributed by atoms with van der Waals surface area (Å²) in [5.41, 5.74) is -0.221. The second-order valence-corrected chi connectivity index (χ2v) is 7.69. The van der Waals surface area contributed by atoms with E-state index in [1.807, 2.05) is 0 Å². The number of carbonyl (C=O) groups is 3. The van der Waals surface area contributed by atoms with Gasteiger partial charge in [0, 0.05) is 25.3 Å². The molecule has 138 valence electrons. The van der Waals surface area contributed by atoms with Crippen LogP contribution in [-0.2, 0) is 28.6 Å². The molecule has 0 bridgehead atoms. The van der Waals surface area contributed by atoms with E-state index in [2.05, 4.69) is 13.5 Å². The van der Waals surface area contributed by atoms with Crippen molar-refractivity contribution in [2.75, 3.05) is 6.61 Å². The molecule has 0 aromatic carbocycles. The van der Waals surface area contributed by atoms with Crippen LogP contribution in [0.15, 0.2) is 12.2 Å². The van der Waals surface area contributed by atoms with Gasteiger partial charge in [0.2, 0.25) is 0 Å². The average molecular weight is 350 g/mol. The summed E-state index contributed by atoms with van der Waals surface area (Å²) in [5.74, 6) is -0.758. The van der Waals surface area contributed by atoms with Crippen molar-refractivity contribution < 1.29 is 28.6 Å². The summed E-state index contributed by atoms with van der Waals surface area (Å²) in [5, 5.41) is 0. The maximum absolute atomic E-state index is 12.2. The monoisotopic (exact) mass is 350 g/mol. The molecule has 0 amide bonds. The van der Waals surface area contributed by atoms with Gasteiger partial charge in [-0.25, -0.2) is 4.79 Å². The minimum Gasteiger partial charge on any atom is -0.465 e. The van der Waals surface area contributed by atoms with E-state index in [-0.39, 0.29) is 30.4 Å². The first-order valence-electron chi connectivity index (χ1n) is 8.97. The summed E-state index contributed by atoms with van der Waals surface area (Å²) in [6, 6.07) is 0. The molecule has 6 nitrogen and oxygen atoms in total. The standard InChI is InChI=1S/C19H26O6/c1-10-5-6-14-11(2)18(22)25-17(14)19(9-23-12(3)20)15(10)7-8-16(19)24-13(4)21/h10,14-17H,2,5-9H2,1,3-4H3/t10-,14-,15-,16-,17+,19-/m0/s1. The fourth-order valence-electron chi connectivity index (χ4n) is 5.25. The smallest absolute Gasteiger partial charge is 0.334 e. The van der Waals surface area contributed by atoms with Crippen LogP contribution in [0.5, 0.6) is 0 Å². The predicted octanol–water partition coefficient (Wildman–Crippen LogP) is 2.41. The highest BCUT2D eigenvalue weighted by molar-refractivity contribution is 5.91. The summed E-state index contributed by atoms with van der Waals surface area (Å²) in [6.07, 6.45) is 2.39. The first-order valence-corrected chi connectivity index (χ1v) is 8.97. The molecular formula is C19H26O6. The number of ether oxygens (including phenoxy) is 3. The van der Waals surface area contributed by atoms with Crippen LogP contribution in [-0.4, -0.2) is 36.7 Å². The average Bonchev–Trinajstić information content (AvgIpc) is 2.98. The number of esters is 3. The zero-order chi connectivity index (χ0) is 18.4. The van der Waals surface area contributed by atoms with Gasteiger partial charge in [-0.05, 0) is 37.5 Å². The van der Waals surface area contributed by atoms with E-state index in [1.54, 1.807) is 0 Å². The molecule has 0 radical (unpaired) electrons.